The van der Waals surface area contributed by atoms with Gasteiger partial charge in [-0.05, 0) is 43.2 Å². The summed E-state index contributed by atoms with van der Waals surface area (Å²) in [5, 5.41) is 16.9. The summed E-state index contributed by atoms with van der Waals surface area (Å²) in [6, 6.07) is 9.62. The number of aromatic nitrogens is 3. The monoisotopic (exact) mass is 552 g/mol. The molecule has 1 amide bonds. The molecule has 1 aliphatic carbocycles. The standard InChI is InChI=1S/C27H28N4O3S3/c1-4-34-26(33)23-19(17-8-6-5-7-9-17)13-36-25(23)28-22(32)15-37-27-30-29-24(31(27)3)20-14-35-21-12-16(2)10-11-18(20)21/h5-9,13-14,16H,4,10-12,15H2,1-3H3,(H,28,32). The maximum absolute atomic E-state index is 12.9. The molecule has 0 saturated heterocycles. The lowest BCUT2D eigenvalue weighted by atomic mass is 9.88. The van der Waals surface area contributed by atoms with Crippen molar-refractivity contribution in [2.45, 2.75) is 38.3 Å². The van der Waals surface area contributed by atoms with Gasteiger partial charge >= 0.3 is 5.97 Å². The number of rotatable bonds is 8. The van der Waals surface area contributed by atoms with Crippen LogP contribution in [0.2, 0.25) is 0 Å². The van der Waals surface area contributed by atoms with Gasteiger partial charge in [0.1, 0.15) is 10.6 Å². The normalized spacial score (nSPS) is 14.8. The van der Waals surface area contributed by atoms with E-state index in [9.17, 15) is 9.59 Å². The molecule has 1 aliphatic rings. The molecular weight excluding hydrogens is 525 g/mol. The summed E-state index contributed by atoms with van der Waals surface area (Å²) in [4.78, 5) is 27.1. The topological polar surface area (TPSA) is 86.1 Å². The fourth-order valence-corrected chi connectivity index (χ4v) is 7.45. The van der Waals surface area contributed by atoms with Crippen LogP contribution < -0.4 is 5.32 Å². The number of ether oxygens (including phenoxy) is 1. The van der Waals surface area contributed by atoms with Crippen LogP contribution in [0.5, 0.6) is 0 Å². The van der Waals surface area contributed by atoms with Gasteiger partial charge in [0.15, 0.2) is 11.0 Å². The van der Waals surface area contributed by atoms with Gasteiger partial charge in [0.2, 0.25) is 5.91 Å². The highest BCUT2D eigenvalue weighted by molar-refractivity contribution is 7.99. The van der Waals surface area contributed by atoms with E-state index < -0.39 is 5.97 Å². The number of carbonyl (C=O) groups excluding carboxylic acids is 2. The lowest BCUT2D eigenvalue weighted by Gasteiger charge is -2.18. The van der Waals surface area contributed by atoms with Crippen molar-refractivity contribution >= 4 is 51.3 Å². The number of thioether (sulfide) groups is 1. The molecule has 0 fully saturated rings. The van der Waals surface area contributed by atoms with E-state index >= 15 is 0 Å². The van der Waals surface area contributed by atoms with Crippen molar-refractivity contribution in [3.05, 3.63) is 57.1 Å². The Kier molecular flexibility index (Phi) is 7.78. The number of hydrogen-bond donors (Lipinski definition) is 1. The van der Waals surface area contributed by atoms with Crippen LogP contribution in [0.25, 0.3) is 22.5 Å². The van der Waals surface area contributed by atoms with Crippen LogP contribution in [0.15, 0.2) is 46.2 Å². The third-order valence-electron chi connectivity index (χ3n) is 6.42. The Hall–Kier alpha value is -2.95. The lowest BCUT2D eigenvalue weighted by Crippen LogP contribution is -2.16. The molecule has 1 atom stereocenters. The molecule has 192 valence electrons. The number of carbonyl (C=O) groups is 2. The second-order valence-electron chi connectivity index (χ2n) is 9.04. The maximum Gasteiger partial charge on any atom is 0.341 e. The Labute approximate surface area is 228 Å². The van der Waals surface area contributed by atoms with Crippen molar-refractivity contribution in [2.75, 3.05) is 17.7 Å². The average Bonchev–Trinajstić information content (AvgIpc) is 3.60. The minimum atomic E-state index is -0.447. The van der Waals surface area contributed by atoms with Gasteiger partial charge in [0, 0.05) is 33.8 Å². The maximum atomic E-state index is 12.9. The zero-order chi connectivity index (χ0) is 25.9. The van der Waals surface area contributed by atoms with Crippen LogP contribution in [0.4, 0.5) is 5.00 Å². The van der Waals surface area contributed by atoms with Gasteiger partial charge in [-0.3, -0.25) is 4.79 Å². The van der Waals surface area contributed by atoms with Gasteiger partial charge in [-0.2, -0.15) is 0 Å². The fourth-order valence-electron chi connectivity index (χ4n) is 4.52. The van der Waals surface area contributed by atoms with E-state index in [-0.39, 0.29) is 18.3 Å². The summed E-state index contributed by atoms with van der Waals surface area (Å²) in [6.45, 7) is 4.33. The highest BCUT2D eigenvalue weighted by Gasteiger charge is 2.25. The molecule has 3 aromatic heterocycles. The number of amides is 1. The highest BCUT2D eigenvalue weighted by Crippen LogP contribution is 2.39. The number of esters is 1. The van der Waals surface area contributed by atoms with E-state index in [4.69, 9.17) is 4.74 Å². The van der Waals surface area contributed by atoms with Crippen molar-refractivity contribution in [1.29, 1.82) is 0 Å². The molecule has 0 aliphatic heterocycles. The van der Waals surface area contributed by atoms with Gasteiger partial charge in [-0.25, -0.2) is 4.79 Å². The third kappa shape index (κ3) is 5.37. The Morgan fingerprint density at radius 3 is 2.73 bits per heavy atom. The van der Waals surface area contributed by atoms with E-state index in [1.54, 1.807) is 18.3 Å². The molecule has 0 bridgehead atoms. The average molecular weight is 553 g/mol. The van der Waals surface area contributed by atoms with Crippen molar-refractivity contribution in [2.24, 2.45) is 13.0 Å². The molecule has 1 N–H and O–H groups in total. The highest BCUT2D eigenvalue weighted by atomic mass is 32.2. The summed E-state index contributed by atoms with van der Waals surface area (Å²) in [7, 11) is 1.94. The van der Waals surface area contributed by atoms with E-state index in [2.05, 4.69) is 27.8 Å². The molecule has 1 aromatic carbocycles. The van der Waals surface area contributed by atoms with Crippen LogP contribution in [0.3, 0.4) is 0 Å². The Morgan fingerprint density at radius 2 is 1.95 bits per heavy atom. The zero-order valence-electron chi connectivity index (χ0n) is 20.9. The van der Waals surface area contributed by atoms with Crippen LogP contribution >= 0.6 is 34.4 Å². The second kappa shape index (κ2) is 11.2. The van der Waals surface area contributed by atoms with Crippen molar-refractivity contribution in [1.82, 2.24) is 14.8 Å². The molecule has 10 heteroatoms. The molecule has 5 rings (SSSR count). The third-order valence-corrected chi connectivity index (χ3v) is 9.39. The van der Waals surface area contributed by atoms with Crippen LogP contribution in [0.1, 0.15) is 41.1 Å². The minimum absolute atomic E-state index is 0.145. The quantitative estimate of drug-likeness (QED) is 0.204. The summed E-state index contributed by atoms with van der Waals surface area (Å²) < 4.78 is 7.25. The second-order valence-corrected chi connectivity index (χ2v) is 11.8. The summed E-state index contributed by atoms with van der Waals surface area (Å²) in [5.74, 6) is 1.04. The molecule has 37 heavy (non-hydrogen) atoms. The predicted molar refractivity (Wildman–Crippen MR) is 151 cm³/mol. The van der Waals surface area contributed by atoms with Crippen molar-refractivity contribution in [3.8, 4) is 22.5 Å². The first-order valence-electron chi connectivity index (χ1n) is 12.2. The number of anilines is 1. The number of benzene rings is 1. The lowest BCUT2D eigenvalue weighted by molar-refractivity contribution is -0.113. The molecule has 7 nitrogen and oxygen atoms in total. The van der Waals surface area contributed by atoms with E-state index in [1.807, 2.05) is 47.3 Å². The molecular formula is C27H28N4O3S3. The molecule has 0 saturated carbocycles. The molecule has 1 unspecified atom stereocenters. The van der Waals surface area contributed by atoms with E-state index in [0.29, 0.717) is 15.7 Å². The van der Waals surface area contributed by atoms with Crippen molar-refractivity contribution in [3.63, 3.8) is 0 Å². The Morgan fingerprint density at radius 1 is 1.16 bits per heavy atom. The van der Waals surface area contributed by atoms with Gasteiger partial charge in [0.25, 0.3) is 0 Å². The first-order chi connectivity index (χ1) is 18.0. The largest absolute Gasteiger partial charge is 0.462 e. The molecule has 3 heterocycles. The summed E-state index contributed by atoms with van der Waals surface area (Å²) in [5.41, 5.74) is 4.58. The summed E-state index contributed by atoms with van der Waals surface area (Å²) >= 11 is 4.45. The van der Waals surface area contributed by atoms with Crippen LogP contribution in [-0.4, -0.2) is 39.0 Å². The Bertz CT molecular complexity index is 1420. The van der Waals surface area contributed by atoms with E-state index in [1.165, 1.54) is 40.0 Å². The number of nitrogens with one attached hydrogen (secondary N) is 1. The molecule has 4 aromatic rings. The first-order valence-corrected chi connectivity index (χ1v) is 15.0. The number of fused-ring (bicyclic) bond motifs is 1. The zero-order valence-corrected chi connectivity index (χ0v) is 23.4. The first kappa shape index (κ1) is 25.7. The van der Waals surface area contributed by atoms with Crippen LogP contribution in [0, 0.1) is 5.92 Å². The van der Waals surface area contributed by atoms with Crippen molar-refractivity contribution < 1.29 is 14.3 Å². The Balaban J connectivity index is 1.29. The van der Waals surface area contributed by atoms with Gasteiger partial charge in [-0.15, -0.1) is 32.9 Å². The molecule has 0 radical (unpaired) electrons. The van der Waals surface area contributed by atoms with E-state index in [0.717, 1.165) is 41.3 Å². The smallest absolute Gasteiger partial charge is 0.341 e. The van der Waals surface area contributed by atoms with Gasteiger partial charge in [0.05, 0.1) is 12.4 Å². The predicted octanol–water partition coefficient (Wildman–Crippen LogP) is 6.30. The SMILES string of the molecule is CCOC(=O)c1c(-c2ccccc2)csc1NC(=O)CSc1nnc(-c2csc3c2CCC(C)C3)n1C. The minimum Gasteiger partial charge on any atom is -0.462 e. The van der Waals surface area contributed by atoms with Gasteiger partial charge in [-0.1, -0.05) is 49.0 Å². The number of thiophene rings is 2. The fraction of sp³-hybridized carbons (Fsp3) is 0.333. The van der Waals surface area contributed by atoms with Crippen LogP contribution in [-0.2, 0) is 29.4 Å². The van der Waals surface area contributed by atoms with Gasteiger partial charge < -0.3 is 14.6 Å². The number of nitrogens with zero attached hydrogens (tertiary/aromatic N) is 3. The number of hydrogen-bond acceptors (Lipinski definition) is 8. The molecule has 0 spiro atoms. The summed E-state index contributed by atoms with van der Waals surface area (Å²) in [6.07, 6.45) is 3.39.